The Morgan fingerprint density at radius 2 is 2.08 bits per heavy atom. The molecule has 2 aliphatic rings. The summed E-state index contributed by atoms with van der Waals surface area (Å²) in [6, 6.07) is 0. The topological polar surface area (TPSA) is 92.2 Å². The van der Waals surface area contributed by atoms with Crippen molar-refractivity contribution in [1.29, 1.82) is 0 Å². The van der Waals surface area contributed by atoms with Crippen LogP contribution in [0.2, 0.25) is 0 Å². The monoisotopic (exact) mass is 359 g/mol. The zero-order chi connectivity index (χ0) is 17.8. The smallest absolute Gasteiger partial charge is 0.272 e. The first-order chi connectivity index (χ1) is 12.8. The lowest BCUT2D eigenvalue weighted by molar-refractivity contribution is 0.0734. The normalized spacial score (nSPS) is 18.1. The Balaban J connectivity index is 1.37. The van der Waals surface area contributed by atoms with Crippen molar-refractivity contribution in [3.63, 3.8) is 0 Å². The first-order valence-corrected chi connectivity index (χ1v) is 9.30. The van der Waals surface area contributed by atoms with Crippen LogP contribution in [0.3, 0.4) is 0 Å². The van der Waals surface area contributed by atoms with E-state index < -0.39 is 0 Å². The van der Waals surface area contributed by atoms with Crippen LogP contribution in [0.5, 0.6) is 0 Å². The minimum Gasteiger partial charge on any atom is -0.374 e. The van der Waals surface area contributed by atoms with Gasteiger partial charge in [-0.15, -0.1) is 5.10 Å². The fourth-order valence-corrected chi connectivity index (χ4v) is 3.59. The Morgan fingerprint density at radius 1 is 1.19 bits per heavy atom. The number of carbonyl (C=O) groups excluding carboxylic acids is 1. The van der Waals surface area contributed by atoms with Gasteiger partial charge in [-0.25, -0.2) is 9.67 Å². The van der Waals surface area contributed by atoms with E-state index in [4.69, 9.17) is 4.74 Å². The summed E-state index contributed by atoms with van der Waals surface area (Å²) in [5.41, 5.74) is 2.31. The number of fused-ring (bicyclic) bond motifs is 1. The second kappa shape index (κ2) is 7.96. The van der Waals surface area contributed by atoms with Gasteiger partial charge >= 0.3 is 0 Å². The van der Waals surface area contributed by atoms with Gasteiger partial charge in [0.25, 0.3) is 5.91 Å². The molecule has 0 aliphatic carbocycles. The maximum absolute atomic E-state index is 12.6. The summed E-state index contributed by atoms with van der Waals surface area (Å²) < 4.78 is 7.74. The number of likely N-dealkylation sites (tertiary alicyclic amines) is 1. The quantitative estimate of drug-likeness (QED) is 0.762. The van der Waals surface area contributed by atoms with E-state index in [1.165, 1.54) is 32.3 Å². The van der Waals surface area contributed by atoms with E-state index in [-0.39, 0.29) is 5.91 Å². The highest BCUT2D eigenvalue weighted by Crippen LogP contribution is 2.17. The zero-order valence-corrected chi connectivity index (χ0v) is 14.9. The van der Waals surface area contributed by atoms with E-state index in [0.29, 0.717) is 32.0 Å². The van der Waals surface area contributed by atoms with Crippen LogP contribution in [-0.2, 0) is 24.4 Å². The molecule has 9 heteroatoms. The number of nitrogens with one attached hydrogen (secondary N) is 1. The van der Waals surface area contributed by atoms with Crippen LogP contribution >= 0.6 is 0 Å². The second-order valence-electron chi connectivity index (χ2n) is 6.85. The molecular weight excluding hydrogens is 334 g/mol. The molecule has 2 aliphatic heterocycles. The largest absolute Gasteiger partial charge is 0.374 e. The van der Waals surface area contributed by atoms with Crippen molar-refractivity contribution in [3.8, 4) is 0 Å². The molecule has 0 bridgehead atoms. The third kappa shape index (κ3) is 3.78. The molecule has 0 spiro atoms. The molecular formula is C17H25N7O2. The van der Waals surface area contributed by atoms with Gasteiger partial charge in [0.1, 0.15) is 11.4 Å². The predicted molar refractivity (Wildman–Crippen MR) is 93.3 cm³/mol. The maximum Gasteiger partial charge on any atom is 0.272 e. The molecule has 2 aromatic heterocycles. The standard InChI is InChI=1S/C17H25N7O2/c25-17(14-10-18-13-19-14)23-6-3-7-24-16(11-23)15(20-21-24)12-26-9-8-22-4-1-2-5-22/h10,13H,1-9,11-12H2,(H,18,19). The van der Waals surface area contributed by atoms with Crippen LogP contribution < -0.4 is 0 Å². The molecule has 1 N–H and O–H groups in total. The van der Waals surface area contributed by atoms with E-state index >= 15 is 0 Å². The molecule has 0 aromatic carbocycles. The van der Waals surface area contributed by atoms with Crippen molar-refractivity contribution in [2.75, 3.05) is 32.8 Å². The number of ether oxygens (including phenoxy) is 1. The summed E-state index contributed by atoms with van der Waals surface area (Å²) in [5.74, 6) is -0.0435. The number of rotatable bonds is 6. The number of aryl methyl sites for hydroxylation is 1. The summed E-state index contributed by atoms with van der Waals surface area (Å²) in [6.07, 6.45) is 6.52. The highest BCUT2D eigenvalue weighted by molar-refractivity contribution is 5.92. The second-order valence-corrected chi connectivity index (χ2v) is 6.85. The Labute approximate surface area is 152 Å². The average Bonchev–Trinajstić information content (AvgIpc) is 3.39. The van der Waals surface area contributed by atoms with E-state index in [1.54, 1.807) is 6.20 Å². The molecule has 1 amide bonds. The van der Waals surface area contributed by atoms with Gasteiger partial charge in [0.15, 0.2) is 0 Å². The van der Waals surface area contributed by atoms with Crippen molar-refractivity contribution in [1.82, 2.24) is 34.8 Å². The van der Waals surface area contributed by atoms with Gasteiger partial charge in [-0.05, 0) is 32.4 Å². The Bertz CT molecular complexity index is 722. The number of hydrogen-bond donors (Lipinski definition) is 1. The number of aromatic nitrogens is 5. The van der Waals surface area contributed by atoms with Crippen LogP contribution in [0, 0.1) is 0 Å². The molecule has 1 saturated heterocycles. The lowest BCUT2D eigenvalue weighted by Crippen LogP contribution is -2.31. The lowest BCUT2D eigenvalue weighted by atomic mass is 10.3. The van der Waals surface area contributed by atoms with E-state index in [0.717, 1.165) is 30.9 Å². The molecule has 2 aromatic rings. The summed E-state index contributed by atoms with van der Waals surface area (Å²) in [4.78, 5) is 23.7. The number of nitrogens with zero attached hydrogens (tertiary/aromatic N) is 6. The van der Waals surface area contributed by atoms with Crippen LogP contribution in [0.4, 0.5) is 0 Å². The molecule has 0 atom stereocenters. The van der Waals surface area contributed by atoms with Gasteiger partial charge < -0.3 is 19.5 Å². The molecule has 9 nitrogen and oxygen atoms in total. The van der Waals surface area contributed by atoms with E-state index in [2.05, 4.69) is 25.2 Å². The summed E-state index contributed by atoms with van der Waals surface area (Å²) in [6.45, 7) is 6.41. The van der Waals surface area contributed by atoms with Crippen LogP contribution in [0.15, 0.2) is 12.5 Å². The first kappa shape index (κ1) is 17.2. The summed E-state index contributed by atoms with van der Waals surface area (Å²) >= 11 is 0. The third-order valence-electron chi connectivity index (χ3n) is 5.06. The molecule has 4 rings (SSSR count). The molecule has 4 heterocycles. The molecule has 26 heavy (non-hydrogen) atoms. The van der Waals surface area contributed by atoms with Gasteiger partial charge in [-0.3, -0.25) is 4.79 Å². The van der Waals surface area contributed by atoms with E-state index in [1.807, 2.05) is 9.58 Å². The van der Waals surface area contributed by atoms with Crippen molar-refractivity contribution < 1.29 is 9.53 Å². The third-order valence-corrected chi connectivity index (χ3v) is 5.06. The molecule has 0 unspecified atom stereocenters. The highest BCUT2D eigenvalue weighted by atomic mass is 16.5. The van der Waals surface area contributed by atoms with Gasteiger partial charge in [0.05, 0.1) is 38.0 Å². The Morgan fingerprint density at radius 3 is 2.88 bits per heavy atom. The summed E-state index contributed by atoms with van der Waals surface area (Å²) in [5, 5.41) is 8.53. The maximum atomic E-state index is 12.6. The van der Waals surface area contributed by atoms with Crippen molar-refractivity contribution in [2.45, 2.75) is 39.0 Å². The number of imidazole rings is 1. The number of hydrogen-bond acceptors (Lipinski definition) is 6. The Kier molecular flexibility index (Phi) is 5.26. The van der Waals surface area contributed by atoms with Crippen molar-refractivity contribution >= 4 is 5.91 Å². The van der Waals surface area contributed by atoms with Gasteiger partial charge in [-0.2, -0.15) is 0 Å². The van der Waals surface area contributed by atoms with Crippen LogP contribution in [0.1, 0.15) is 41.1 Å². The SMILES string of the molecule is O=C(c1cnc[nH]1)N1CCCn2nnc(COCCN3CCCC3)c2C1. The van der Waals surface area contributed by atoms with Crippen LogP contribution in [-0.4, -0.2) is 73.5 Å². The van der Waals surface area contributed by atoms with Crippen molar-refractivity contribution in [3.05, 3.63) is 29.6 Å². The minimum atomic E-state index is -0.0435. The number of amides is 1. The van der Waals surface area contributed by atoms with Gasteiger partial charge in [0.2, 0.25) is 0 Å². The highest BCUT2D eigenvalue weighted by Gasteiger charge is 2.24. The first-order valence-electron chi connectivity index (χ1n) is 9.30. The van der Waals surface area contributed by atoms with Gasteiger partial charge in [0, 0.05) is 19.6 Å². The molecule has 0 radical (unpaired) electrons. The van der Waals surface area contributed by atoms with Crippen molar-refractivity contribution in [2.24, 2.45) is 0 Å². The fourth-order valence-electron chi connectivity index (χ4n) is 3.59. The van der Waals surface area contributed by atoms with Crippen LogP contribution in [0.25, 0.3) is 0 Å². The summed E-state index contributed by atoms with van der Waals surface area (Å²) in [7, 11) is 0. The minimum absolute atomic E-state index is 0.0435. The van der Waals surface area contributed by atoms with Gasteiger partial charge in [-0.1, -0.05) is 5.21 Å². The number of aromatic amines is 1. The average molecular weight is 359 g/mol. The van der Waals surface area contributed by atoms with E-state index in [9.17, 15) is 4.79 Å². The molecule has 140 valence electrons. The molecule has 1 fully saturated rings. The molecule has 0 saturated carbocycles. The fraction of sp³-hybridized carbons (Fsp3) is 0.647. The predicted octanol–water partition coefficient (Wildman–Crippen LogP) is 0.660. The number of H-pyrrole nitrogens is 1. The zero-order valence-electron chi connectivity index (χ0n) is 14.9. The number of carbonyl (C=O) groups is 1. The Hall–Kier alpha value is -2.26. The lowest BCUT2D eigenvalue weighted by Gasteiger charge is -2.19.